The summed E-state index contributed by atoms with van der Waals surface area (Å²) >= 11 is 0. The molecule has 0 radical (unpaired) electrons. The monoisotopic (exact) mass is 467 g/mol. The van der Waals surface area contributed by atoms with E-state index in [1.54, 1.807) is 0 Å². The van der Waals surface area contributed by atoms with Crippen LogP contribution in [0.5, 0.6) is 0 Å². The maximum atomic E-state index is 2.43. The highest BCUT2D eigenvalue weighted by Gasteiger charge is 2.24. The highest BCUT2D eigenvalue weighted by Crippen LogP contribution is 2.49. The van der Waals surface area contributed by atoms with Crippen molar-refractivity contribution in [2.45, 2.75) is 0 Å². The van der Waals surface area contributed by atoms with E-state index in [9.17, 15) is 0 Å². The molecule has 0 N–H and O–H groups in total. The van der Waals surface area contributed by atoms with Gasteiger partial charge in [0, 0.05) is 16.5 Å². The molecule has 1 aliphatic rings. The van der Waals surface area contributed by atoms with Crippen molar-refractivity contribution in [2.75, 3.05) is 0 Å². The third-order valence-corrected chi connectivity index (χ3v) is 8.29. The Balaban J connectivity index is 1.21. The Morgan fingerprint density at radius 2 is 1.05 bits per heavy atom. The average Bonchev–Trinajstić information content (AvgIpc) is 3.49. The van der Waals surface area contributed by atoms with Crippen molar-refractivity contribution in [2.24, 2.45) is 0 Å². The van der Waals surface area contributed by atoms with Crippen LogP contribution in [0, 0.1) is 0 Å². The maximum absolute atomic E-state index is 2.43. The van der Waals surface area contributed by atoms with Gasteiger partial charge in [0.1, 0.15) is 0 Å². The second-order valence-corrected chi connectivity index (χ2v) is 10.2. The predicted octanol–water partition coefficient (Wildman–Crippen LogP) is 9.89. The lowest BCUT2D eigenvalue weighted by molar-refractivity contribution is 1.18. The molecule has 0 spiro atoms. The molecule has 0 bridgehead atoms. The third-order valence-electron chi connectivity index (χ3n) is 8.29. The first-order valence-electron chi connectivity index (χ1n) is 12.9. The van der Waals surface area contributed by atoms with E-state index in [2.05, 4.69) is 132 Å². The van der Waals surface area contributed by atoms with Crippen LogP contribution in [0.4, 0.5) is 0 Å². The van der Waals surface area contributed by atoms with Crippen molar-refractivity contribution in [3.05, 3.63) is 127 Å². The fourth-order valence-corrected chi connectivity index (χ4v) is 6.65. The Labute approximate surface area is 213 Å². The van der Waals surface area contributed by atoms with Crippen LogP contribution in [-0.4, -0.2) is 4.57 Å². The number of fused-ring (bicyclic) bond motifs is 4. The van der Waals surface area contributed by atoms with Gasteiger partial charge in [0.2, 0.25) is 0 Å². The fourth-order valence-electron chi connectivity index (χ4n) is 6.65. The molecular formula is C36H21N. The minimum Gasteiger partial charge on any atom is -0.309 e. The Morgan fingerprint density at radius 1 is 0.378 bits per heavy atom. The number of aromatic nitrogens is 1. The maximum Gasteiger partial charge on any atom is 0.0547 e. The molecule has 37 heavy (non-hydrogen) atoms. The first-order chi connectivity index (χ1) is 18.3. The first kappa shape index (κ1) is 19.3. The van der Waals surface area contributed by atoms with Crippen LogP contribution in [0.25, 0.3) is 82.1 Å². The molecule has 7 aromatic carbocycles. The summed E-state index contributed by atoms with van der Waals surface area (Å²) in [4.78, 5) is 0. The summed E-state index contributed by atoms with van der Waals surface area (Å²) in [5.74, 6) is 0. The molecule has 0 amide bonds. The minimum absolute atomic E-state index is 1.20. The molecule has 0 saturated carbocycles. The lowest BCUT2D eigenvalue weighted by Gasteiger charge is -2.12. The van der Waals surface area contributed by atoms with E-state index >= 15 is 0 Å². The van der Waals surface area contributed by atoms with Crippen molar-refractivity contribution < 1.29 is 0 Å². The Morgan fingerprint density at radius 3 is 1.97 bits per heavy atom. The number of benzene rings is 7. The zero-order valence-electron chi connectivity index (χ0n) is 20.1. The van der Waals surface area contributed by atoms with Crippen molar-refractivity contribution in [3.8, 4) is 27.9 Å². The fraction of sp³-hybridized carbons (Fsp3) is 0. The lowest BCUT2D eigenvalue weighted by atomic mass is 9.97. The molecule has 1 nitrogen and oxygen atoms in total. The molecule has 1 heterocycles. The standard InChI is InChI=1S/C36H21N/c1-2-7-28-23(5-1)11-12-26-21-25(15-19-29(26)28)22-13-17-27(18-14-22)37-32-10-4-9-31-30-8-3-6-24-16-20-33(37)36(34(24)30)35(31)32/h1-21H. The van der Waals surface area contributed by atoms with Crippen molar-refractivity contribution in [1.82, 2.24) is 4.57 Å². The normalized spacial score (nSPS) is 12.3. The number of hydrogen-bond acceptors (Lipinski definition) is 0. The van der Waals surface area contributed by atoms with E-state index in [0.29, 0.717) is 0 Å². The molecule has 8 aromatic rings. The molecule has 0 fully saturated rings. The molecule has 1 aliphatic carbocycles. The first-order valence-corrected chi connectivity index (χ1v) is 12.9. The number of nitrogens with zero attached hydrogens (tertiary/aromatic N) is 1. The summed E-state index contributed by atoms with van der Waals surface area (Å²) < 4.78 is 2.43. The molecule has 9 rings (SSSR count). The van der Waals surface area contributed by atoms with Crippen LogP contribution in [0.2, 0.25) is 0 Å². The molecule has 1 heteroatoms. The van der Waals surface area contributed by atoms with Gasteiger partial charge >= 0.3 is 0 Å². The zero-order valence-corrected chi connectivity index (χ0v) is 20.1. The summed E-state index contributed by atoms with van der Waals surface area (Å²) in [6.07, 6.45) is 0. The Kier molecular flexibility index (Phi) is 3.59. The SMILES string of the molecule is c1ccc2c(c1)ccc1cc(-c3ccc(-n4c5cccc6c5c5c7c-6cccc7ccc54)cc3)ccc12. The van der Waals surface area contributed by atoms with Crippen LogP contribution in [0.15, 0.2) is 127 Å². The van der Waals surface area contributed by atoms with Crippen LogP contribution in [0.1, 0.15) is 0 Å². The Hall–Kier alpha value is -4.88. The van der Waals surface area contributed by atoms with Gasteiger partial charge in [-0.3, -0.25) is 0 Å². The summed E-state index contributed by atoms with van der Waals surface area (Å²) in [6, 6.07) is 46.9. The Bertz CT molecular complexity index is 2230. The average molecular weight is 468 g/mol. The lowest BCUT2D eigenvalue weighted by Crippen LogP contribution is -1.95. The third kappa shape index (κ3) is 2.48. The zero-order chi connectivity index (χ0) is 24.1. The highest BCUT2D eigenvalue weighted by molar-refractivity contribution is 6.33. The van der Waals surface area contributed by atoms with Gasteiger partial charge in [-0.05, 0) is 84.9 Å². The molecule has 0 aliphatic heterocycles. The van der Waals surface area contributed by atoms with E-state index in [1.165, 1.54) is 82.1 Å². The van der Waals surface area contributed by atoms with Gasteiger partial charge in [-0.15, -0.1) is 0 Å². The molecule has 1 aromatic heterocycles. The second-order valence-electron chi connectivity index (χ2n) is 10.2. The van der Waals surface area contributed by atoms with E-state index in [0.717, 1.165) is 0 Å². The highest BCUT2D eigenvalue weighted by atomic mass is 15.0. The largest absolute Gasteiger partial charge is 0.309 e. The van der Waals surface area contributed by atoms with Gasteiger partial charge in [-0.25, -0.2) is 0 Å². The van der Waals surface area contributed by atoms with E-state index < -0.39 is 0 Å². The van der Waals surface area contributed by atoms with Crippen molar-refractivity contribution in [1.29, 1.82) is 0 Å². The quantitative estimate of drug-likeness (QED) is 0.223. The van der Waals surface area contributed by atoms with Gasteiger partial charge in [-0.2, -0.15) is 0 Å². The van der Waals surface area contributed by atoms with Crippen molar-refractivity contribution >= 4 is 54.1 Å². The van der Waals surface area contributed by atoms with Gasteiger partial charge in [-0.1, -0.05) is 97.1 Å². The number of rotatable bonds is 2. The summed E-state index contributed by atoms with van der Waals surface area (Å²) in [5, 5.41) is 10.7. The van der Waals surface area contributed by atoms with Gasteiger partial charge in [0.15, 0.2) is 0 Å². The molecular weight excluding hydrogens is 446 g/mol. The van der Waals surface area contributed by atoms with E-state index in [-0.39, 0.29) is 0 Å². The molecule has 0 saturated heterocycles. The molecule has 0 atom stereocenters. The molecule has 170 valence electrons. The smallest absolute Gasteiger partial charge is 0.0547 e. The van der Waals surface area contributed by atoms with Gasteiger partial charge < -0.3 is 4.57 Å². The van der Waals surface area contributed by atoms with E-state index in [1.807, 2.05) is 0 Å². The van der Waals surface area contributed by atoms with Crippen LogP contribution in [-0.2, 0) is 0 Å². The van der Waals surface area contributed by atoms with Crippen LogP contribution >= 0.6 is 0 Å². The van der Waals surface area contributed by atoms with E-state index in [4.69, 9.17) is 0 Å². The predicted molar refractivity (Wildman–Crippen MR) is 158 cm³/mol. The van der Waals surface area contributed by atoms with Crippen LogP contribution in [0.3, 0.4) is 0 Å². The molecule has 0 unspecified atom stereocenters. The van der Waals surface area contributed by atoms with Crippen molar-refractivity contribution in [3.63, 3.8) is 0 Å². The summed E-state index contributed by atoms with van der Waals surface area (Å²) in [6.45, 7) is 0. The van der Waals surface area contributed by atoms with Crippen LogP contribution < -0.4 is 0 Å². The summed E-state index contributed by atoms with van der Waals surface area (Å²) in [5.41, 5.74) is 8.97. The second kappa shape index (κ2) is 6.87. The summed E-state index contributed by atoms with van der Waals surface area (Å²) in [7, 11) is 0. The minimum atomic E-state index is 1.20. The number of hydrogen-bond donors (Lipinski definition) is 0. The topological polar surface area (TPSA) is 4.93 Å². The van der Waals surface area contributed by atoms with Gasteiger partial charge in [0.05, 0.1) is 11.0 Å². The van der Waals surface area contributed by atoms with Gasteiger partial charge in [0.25, 0.3) is 0 Å².